The van der Waals surface area contributed by atoms with Gasteiger partial charge in [-0.05, 0) is 83.6 Å². The second kappa shape index (κ2) is 39.5. The van der Waals surface area contributed by atoms with Crippen molar-refractivity contribution in [1.29, 1.82) is 0 Å². The zero-order chi connectivity index (χ0) is 38.2. The fourth-order valence-electron chi connectivity index (χ4n) is 6.23. The molecule has 0 aromatic heterocycles. The molecule has 0 rings (SSSR count). The Bertz CT molecular complexity index is 957. The number of unbranched alkanes of at least 4 members (excludes halogenated alkanes) is 16. The van der Waals surface area contributed by atoms with Crippen LogP contribution in [0.3, 0.4) is 0 Å². The van der Waals surface area contributed by atoms with Crippen molar-refractivity contribution in [2.75, 3.05) is 6.54 Å². The van der Waals surface area contributed by atoms with E-state index < -0.39 is 12.0 Å². The molecule has 0 aliphatic carbocycles. The lowest BCUT2D eigenvalue weighted by Gasteiger charge is -2.18. The van der Waals surface area contributed by atoms with Crippen molar-refractivity contribution in [2.45, 2.75) is 212 Å². The number of nitrogens with two attached hydrogens (primary N) is 1. The second-order valence-corrected chi connectivity index (χ2v) is 14.4. The number of ether oxygens (including phenoxy) is 1. The number of carboxylic acid groups (broad SMARTS) is 1. The first-order valence-corrected chi connectivity index (χ1v) is 21.5. The number of amides is 1. The number of carbonyl (C=O) groups is 3. The molecule has 300 valence electrons. The lowest BCUT2D eigenvalue weighted by molar-refractivity contribution is -0.149. The van der Waals surface area contributed by atoms with E-state index in [-0.39, 0.29) is 18.0 Å². The van der Waals surface area contributed by atoms with Crippen LogP contribution in [0.2, 0.25) is 0 Å². The fourth-order valence-corrected chi connectivity index (χ4v) is 6.23. The number of hydrogen-bond acceptors (Lipinski definition) is 5. The molecule has 0 saturated carbocycles. The quantitative estimate of drug-likeness (QED) is 0.0331. The average molecular weight is 729 g/mol. The van der Waals surface area contributed by atoms with Crippen molar-refractivity contribution in [1.82, 2.24) is 5.32 Å². The van der Waals surface area contributed by atoms with Crippen LogP contribution < -0.4 is 11.1 Å². The molecule has 7 heteroatoms. The van der Waals surface area contributed by atoms with Crippen molar-refractivity contribution in [3.8, 4) is 0 Å². The van der Waals surface area contributed by atoms with Crippen molar-refractivity contribution >= 4 is 17.8 Å². The van der Waals surface area contributed by atoms with Crippen LogP contribution in [0.5, 0.6) is 0 Å². The summed E-state index contributed by atoms with van der Waals surface area (Å²) < 4.78 is 6.00. The van der Waals surface area contributed by atoms with Gasteiger partial charge in [-0.2, -0.15) is 0 Å². The van der Waals surface area contributed by atoms with E-state index >= 15 is 0 Å². The summed E-state index contributed by atoms with van der Waals surface area (Å²) in [6.07, 6.45) is 47.3. The maximum Gasteiger partial charge on any atom is 0.326 e. The Kier molecular flexibility index (Phi) is 37.5. The van der Waals surface area contributed by atoms with E-state index in [9.17, 15) is 19.5 Å². The number of hydrogen-bond donors (Lipinski definition) is 3. The number of carbonyl (C=O) groups excluding carboxylic acids is 2. The van der Waals surface area contributed by atoms with Crippen LogP contribution in [0.4, 0.5) is 0 Å². The molecule has 0 heterocycles. The summed E-state index contributed by atoms with van der Waals surface area (Å²) in [5.74, 6) is -1.32. The summed E-state index contributed by atoms with van der Waals surface area (Å²) in [6, 6.07) is -0.862. The molecule has 7 nitrogen and oxygen atoms in total. The number of nitrogens with one attached hydrogen (secondary N) is 1. The normalized spacial score (nSPS) is 13.1. The van der Waals surface area contributed by atoms with Gasteiger partial charge in [-0.15, -0.1) is 0 Å². The molecule has 0 bridgehead atoms. The number of aliphatic carboxylic acids is 1. The maximum atomic E-state index is 12.7. The Morgan fingerprint density at radius 3 is 1.52 bits per heavy atom. The van der Waals surface area contributed by atoms with Gasteiger partial charge >= 0.3 is 11.9 Å². The van der Waals surface area contributed by atoms with Gasteiger partial charge in [0.15, 0.2) is 0 Å². The standard InChI is InChI=1S/C45H80N2O5/c1-3-5-7-9-11-13-15-17-19-21-23-26-30-35-41(36-31-27-25-28-32-38-43(48)47-42(45(50)51)37-34-40-46)52-44(49)39-33-29-24-22-20-18-16-14-12-10-8-6-4-2/h6,8,12,14,18,20,24,29,41-42H,3-5,7,9-11,13,15-17,19,21-23,25-28,30-40,46H2,1-2H3,(H,47,48)(H,50,51)/b8-6-,14-12-,20-18-,29-24-. The number of esters is 1. The highest BCUT2D eigenvalue weighted by molar-refractivity contribution is 5.83. The topological polar surface area (TPSA) is 119 Å². The first-order valence-electron chi connectivity index (χ1n) is 21.5. The van der Waals surface area contributed by atoms with Crippen LogP contribution in [-0.2, 0) is 19.1 Å². The molecule has 0 spiro atoms. The summed E-state index contributed by atoms with van der Waals surface area (Å²) in [6.45, 7) is 4.82. The summed E-state index contributed by atoms with van der Waals surface area (Å²) in [5, 5.41) is 11.9. The highest BCUT2D eigenvalue weighted by atomic mass is 16.5. The molecule has 0 aliphatic rings. The van der Waals surface area contributed by atoms with Gasteiger partial charge in [0.2, 0.25) is 5.91 Å². The molecule has 0 aromatic rings. The van der Waals surface area contributed by atoms with Crippen LogP contribution in [0, 0.1) is 0 Å². The van der Waals surface area contributed by atoms with E-state index in [1.54, 1.807) is 0 Å². The molecular weight excluding hydrogens is 649 g/mol. The van der Waals surface area contributed by atoms with Crippen LogP contribution in [0.25, 0.3) is 0 Å². The molecule has 52 heavy (non-hydrogen) atoms. The summed E-state index contributed by atoms with van der Waals surface area (Å²) >= 11 is 0. The molecule has 0 aromatic carbocycles. The van der Waals surface area contributed by atoms with Gasteiger partial charge in [-0.3, -0.25) is 9.59 Å². The van der Waals surface area contributed by atoms with Crippen LogP contribution in [0.15, 0.2) is 48.6 Å². The molecule has 0 aliphatic heterocycles. The van der Waals surface area contributed by atoms with E-state index in [2.05, 4.69) is 67.8 Å². The van der Waals surface area contributed by atoms with E-state index in [1.165, 1.54) is 77.0 Å². The lowest BCUT2D eigenvalue weighted by atomic mass is 10.0. The van der Waals surface area contributed by atoms with Gasteiger partial charge in [0.25, 0.3) is 0 Å². The largest absolute Gasteiger partial charge is 0.480 e. The van der Waals surface area contributed by atoms with Crippen molar-refractivity contribution < 1.29 is 24.2 Å². The molecule has 0 fully saturated rings. The van der Waals surface area contributed by atoms with E-state index in [1.807, 2.05) is 0 Å². The van der Waals surface area contributed by atoms with E-state index in [4.69, 9.17) is 10.5 Å². The van der Waals surface area contributed by atoms with Crippen LogP contribution in [-0.4, -0.2) is 41.6 Å². The van der Waals surface area contributed by atoms with Crippen molar-refractivity contribution in [3.63, 3.8) is 0 Å². The minimum atomic E-state index is -1.01. The molecule has 1 amide bonds. The highest BCUT2D eigenvalue weighted by Crippen LogP contribution is 2.19. The first kappa shape index (κ1) is 49.3. The van der Waals surface area contributed by atoms with Gasteiger partial charge in [-0.25, -0.2) is 4.79 Å². The molecular formula is C45H80N2O5. The van der Waals surface area contributed by atoms with Gasteiger partial charge in [0.1, 0.15) is 12.1 Å². The van der Waals surface area contributed by atoms with Crippen LogP contribution >= 0.6 is 0 Å². The Morgan fingerprint density at radius 1 is 0.577 bits per heavy atom. The van der Waals surface area contributed by atoms with Gasteiger partial charge in [0, 0.05) is 12.8 Å². The third-order valence-electron chi connectivity index (χ3n) is 9.42. The molecule has 2 atom stereocenters. The number of allylic oxidation sites excluding steroid dienone is 8. The first-order chi connectivity index (χ1) is 25.4. The highest BCUT2D eigenvalue weighted by Gasteiger charge is 2.19. The summed E-state index contributed by atoms with van der Waals surface area (Å²) in [5.41, 5.74) is 5.48. The Morgan fingerprint density at radius 2 is 1.04 bits per heavy atom. The predicted molar refractivity (Wildman–Crippen MR) is 220 cm³/mol. The molecule has 0 saturated heterocycles. The van der Waals surface area contributed by atoms with Gasteiger partial charge < -0.3 is 20.9 Å². The monoisotopic (exact) mass is 729 g/mol. The van der Waals surface area contributed by atoms with Crippen LogP contribution in [0.1, 0.15) is 200 Å². The summed E-state index contributed by atoms with van der Waals surface area (Å²) in [7, 11) is 0. The minimum Gasteiger partial charge on any atom is -0.480 e. The average Bonchev–Trinajstić information content (AvgIpc) is 3.13. The Balaban J connectivity index is 4.44. The third kappa shape index (κ3) is 35.7. The molecule has 4 N–H and O–H groups in total. The third-order valence-corrected chi connectivity index (χ3v) is 9.42. The SMILES string of the molecule is CC/C=C\C/C=C\C/C=C\C/C=C\CCC(=O)OC(CCCCCCCCCCCCCCC)CCCCCCCC(=O)NC(CCCN)C(=O)O. The Hall–Kier alpha value is -2.67. The Labute approximate surface area is 319 Å². The van der Waals surface area contributed by atoms with Gasteiger partial charge in [-0.1, -0.05) is 159 Å². The fraction of sp³-hybridized carbons (Fsp3) is 0.756. The lowest BCUT2D eigenvalue weighted by Crippen LogP contribution is -2.40. The molecule has 0 radical (unpaired) electrons. The number of rotatable bonds is 38. The minimum absolute atomic E-state index is 0.0233. The molecule has 2 unspecified atom stereocenters. The zero-order valence-corrected chi connectivity index (χ0v) is 33.6. The van der Waals surface area contributed by atoms with E-state index in [0.717, 1.165) is 77.0 Å². The zero-order valence-electron chi connectivity index (χ0n) is 33.6. The van der Waals surface area contributed by atoms with Crippen molar-refractivity contribution in [3.05, 3.63) is 48.6 Å². The van der Waals surface area contributed by atoms with Gasteiger partial charge in [0.05, 0.1) is 0 Å². The maximum absolute atomic E-state index is 12.7. The predicted octanol–water partition coefficient (Wildman–Crippen LogP) is 12.0. The number of carboxylic acids is 1. The van der Waals surface area contributed by atoms with Crippen molar-refractivity contribution in [2.24, 2.45) is 5.73 Å². The second-order valence-electron chi connectivity index (χ2n) is 14.4. The summed E-state index contributed by atoms with van der Waals surface area (Å²) in [4.78, 5) is 36.3. The van der Waals surface area contributed by atoms with E-state index in [0.29, 0.717) is 38.6 Å². The smallest absolute Gasteiger partial charge is 0.326 e.